The second-order valence-corrected chi connectivity index (χ2v) is 3.88. The Morgan fingerprint density at radius 1 is 1.50 bits per heavy atom. The van der Waals surface area contributed by atoms with E-state index in [4.69, 9.17) is 16.9 Å². The molecule has 1 rings (SSSR count). The van der Waals surface area contributed by atoms with Gasteiger partial charge < -0.3 is 4.90 Å². The van der Waals surface area contributed by atoms with Gasteiger partial charge in [0.2, 0.25) is 5.91 Å². The maximum absolute atomic E-state index is 11.8. The molecule has 0 N–H and O–H groups in total. The molecule has 0 aliphatic carbocycles. The topological polar surface area (TPSA) is 44.1 Å². The molecular formula is C12H13ClN2O. The van der Waals surface area contributed by atoms with Crippen LogP contribution in [0.25, 0.3) is 0 Å². The number of amides is 1. The Hall–Kier alpha value is -1.53. The van der Waals surface area contributed by atoms with Crippen molar-refractivity contribution in [1.82, 2.24) is 4.90 Å². The van der Waals surface area contributed by atoms with Crippen LogP contribution < -0.4 is 0 Å². The Bertz CT molecular complexity index is 386. The largest absolute Gasteiger partial charge is 0.343 e. The van der Waals surface area contributed by atoms with Crippen LogP contribution in [0.2, 0.25) is 0 Å². The van der Waals surface area contributed by atoms with Crippen LogP contribution in [-0.4, -0.2) is 24.4 Å². The van der Waals surface area contributed by atoms with Gasteiger partial charge in [0.15, 0.2) is 0 Å². The number of nitrogens with zero attached hydrogens (tertiary/aromatic N) is 2. The van der Waals surface area contributed by atoms with Crippen LogP contribution in [0, 0.1) is 11.3 Å². The molecular weight excluding hydrogens is 224 g/mol. The van der Waals surface area contributed by atoms with Crippen LogP contribution in [0.4, 0.5) is 0 Å². The Kier molecular flexibility index (Phi) is 4.81. The molecule has 1 aromatic carbocycles. The van der Waals surface area contributed by atoms with Gasteiger partial charge in [0, 0.05) is 13.6 Å². The summed E-state index contributed by atoms with van der Waals surface area (Å²) in [7, 11) is 1.65. The predicted molar refractivity (Wildman–Crippen MR) is 62.9 cm³/mol. The van der Waals surface area contributed by atoms with Gasteiger partial charge in [-0.05, 0) is 5.56 Å². The highest BCUT2D eigenvalue weighted by molar-refractivity contribution is 6.30. The SMILES string of the molecule is CN(CCC#N)C(=O)C(Cl)c1ccccc1. The van der Waals surface area contributed by atoms with E-state index in [-0.39, 0.29) is 5.91 Å². The number of hydrogen-bond acceptors (Lipinski definition) is 2. The van der Waals surface area contributed by atoms with Crippen molar-refractivity contribution in [1.29, 1.82) is 5.26 Å². The fourth-order valence-corrected chi connectivity index (χ4v) is 1.60. The van der Waals surface area contributed by atoms with Gasteiger partial charge in [-0.3, -0.25) is 4.79 Å². The number of rotatable bonds is 4. The number of carbonyl (C=O) groups excluding carboxylic acids is 1. The van der Waals surface area contributed by atoms with E-state index in [2.05, 4.69) is 0 Å². The fraction of sp³-hybridized carbons (Fsp3) is 0.333. The molecule has 0 aliphatic heterocycles. The van der Waals surface area contributed by atoms with Crippen molar-refractivity contribution in [3.63, 3.8) is 0 Å². The zero-order valence-corrected chi connectivity index (χ0v) is 9.81. The lowest BCUT2D eigenvalue weighted by molar-refractivity contribution is -0.129. The molecule has 1 atom stereocenters. The normalized spacial score (nSPS) is 11.6. The van der Waals surface area contributed by atoms with Gasteiger partial charge in [0.05, 0.1) is 12.5 Å². The van der Waals surface area contributed by atoms with Crippen molar-refractivity contribution in [2.45, 2.75) is 11.8 Å². The number of likely N-dealkylation sites (N-methyl/N-ethyl adjacent to an activating group) is 1. The Morgan fingerprint density at radius 2 is 2.12 bits per heavy atom. The summed E-state index contributed by atoms with van der Waals surface area (Å²) in [6, 6.07) is 11.2. The van der Waals surface area contributed by atoms with E-state index in [0.717, 1.165) is 5.56 Å². The Balaban J connectivity index is 2.64. The Morgan fingerprint density at radius 3 is 2.69 bits per heavy atom. The maximum Gasteiger partial charge on any atom is 0.244 e. The highest BCUT2D eigenvalue weighted by atomic mass is 35.5. The zero-order chi connectivity index (χ0) is 12.0. The molecule has 0 fully saturated rings. The molecule has 3 nitrogen and oxygen atoms in total. The molecule has 1 amide bonds. The molecule has 0 bridgehead atoms. The van der Waals surface area contributed by atoms with E-state index in [1.54, 1.807) is 7.05 Å². The quantitative estimate of drug-likeness (QED) is 0.754. The summed E-state index contributed by atoms with van der Waals surface area (Å²) in [5, 5.41) is 7.76. The average molecular weight is 237 g/mol. The first-order valence-corrected chi connectivity index (χ1v) is 5.41. The van der Waals surface area contributed by atoms with Crippen LogP contribution in [-0.2, 0) is 4.79 Å². The molecule has 0 saturated carbocycles. The predicted octanol–water partition coefficient (Wildman–Crippen LogP) is 2.34. The van der Waals surface area contributed by atoms with Gasteiger partial charge in [-0.1, -0.05) is 30.3 Å². The van der Waals surface area contributed by atoms with E-state index >= 15 is 0 Å². The van der Waals surface area contributed by atoms with Crippen LogP contribution in [0.1, 0.15) is 17.4 Å². The van der Waals surface area contributed by atoms with Crippen LogP contribution in [0.3, 0.4) is 0 Å². The number of hydrogen-bond donors (Lipinski definition) is 0. The van der Waals surface area contributed by atoms with Gasteiger partial charge >= 0.3 is 0 Å². The lowest BCUT2D eigenvalue weighted by Crippen LogP contribution is -2.30. The van der Waals surface area contributed by atoms with Crippen molar-refractivity contribution < 1.29 is 4.79 Å². The highest BCUT2D eigenvalue weighted by Gasteiger charge is 2.20. The number of benzene rings is 1. The van der Waals surface area contributed by atoms with Crippen molar-refractivity contribution in [2.24, 2.45) is 0 Å². The third kappa shape index (κ3) is 3.25. The van der Waals surface area contributed by atoms with Crippen molar-refractivity contribution in [2.75, 3.05) is 13.6 Å². The second kappa shape index (κ2) is 6.14. The number of carbonyl (C=O) groups is 1. The number of alkyl halides is 1. The van der Waals surface area contributed by atoms with E-state index in [1.165, 1.54) is 4.90 Å². The molecule has 0 aromatic heterocycles. The molecule has 0 aliphatic rings. The summed E-state index contributed by atoms with van der Waals surface area (Å²) in [6.45, 7) is 0.408. The van der Waals surface area contributed by atoms with Crippen molar-refractivity contribution in [3.05, 3.63) is 35.9 Å². The second-order valence-electron chi connectivity index (χ2n) is 3.44. The summed E-state index contributed by atoms with van der Waals surface area (Å²) in [4.78, 5) is 13.3. The molecule has 84 valence electrons. The van der Waals surface area contributed by atoms with E-state index < -0.39 is 5.38 Å². The fourth-order valence-electron chi connectivity index (χ4n) is 1.29. The minimum Gasteiger partial charge on any atom is -0.343 e. The molecule has 0 saturated heterocycles. The molecule has 1 aromatic rings. The van der Waals surface area contributed by atoms with Crippen LogP contribution >= 0.6 is 11.6 Å². The average Bonchev–Trinajstić information content (AvgIpc) is 2.35. The van der Waals surface area contributed by atoms with E-state index in [0.29, 0.717) is 13.0 Å². The highest BCUT2D eigenvalue weighted by Crippen LogP contribution is 2.22. The van der Waals surface area contributed by atoms with Gasteiger partial charge in [-0.2, -0.15) is 5.26 Å². The van der Waals surface area contributed by atoms with Crippen LogP contribution in [0.15, 0.2) is 30.3 Å². The summed E-state index contributed by atoms with van der Waals surface area (Å²) >= 11 is 6.06. The van der Waals surface area contributed by atoms with Gasteiger partial charge in [-0.25, -0.2) is 0 Å². The molecule has 16 heavy (non-hydrogen) atoms. The third-order valence-electron chi connectivity index (χ3n) is 2.24. The smallest absolute Gasteiger partial charge is 0.244 e. The Labute approximate surface area is 100 Å². The van der Waals surface area contributed by atoms with E-state index in [1.807, 2.05) is 36.4 Å². The monoisotopic (exact) mass is 236 g/mol. The van der Waals surface area contributed by atoms with Gasteiger partial charge in [-0.15, -0.1) is 11.6 Å². The van der Waals surface area contributed by atoms with Crippen molar-refractivity contribution in [3.8, 4) is 6.07 Å². The summed E-state index contributed by atoms with van der Waals surface area (Å²) < 4.78 is 0. The zero-order valence-electron chi connectivity index (χ0n) is 9.06. The minimum atomic E-state index is -0.676. The third-order valence-corrected chi connectivity index (χ3v) is 2.68. The summed E-state index contributed by atoms with van der Waals surface area (Å²) in [5.41, 5.74) is 0.776. The summed E-state index contributed by atoms with van der Waals surface area (Å²) in [5.74, 6) is -0.178. The lowest BCUT2D eigenvalue weighted by Gasteiger charge is -2.19. The first-order chi connectivity index (χ1) is 7.66. The van der Waals surface area contributed by atoms with Gasteiger partial charge in [0.25, 0.3) is 0 Å². The summed E-state index contributed by atoms with van der Waals surface area (Å²) in [6.07, 6.45) is 0.320. The first kappa shape index (κ1) is 12.5. The number of nitriles is 1. The number of halogens is 1. The maximum atomic E-state index is 11.8. The molecule has 0 radical (unpaired) electrons. The lowest BCUT2D eigenvalue weighted by atomic mass is 10.1. The first-order valence-electron chi connectivity index (χ1n) is 4.97. The minimum absolute atomic E-state index is 0.178. The van der Waals surface area contributed by atoms with E-state index in [9.17, 15) is 4.79 Å². The molecule has 4 heteroatoms. The standard InChI is InChI=1S/C12H13ClN2O/c1-15(9-5-8-14)12(16)11(13)10-6-3-2-4-7-10/h2-4,6-7,11H,5,9H2,1H3. The molecule has 0 heterocycles. The van der Waals surface area contributed by atoms with Crippen molar-refractivity contribution >= 4 is 17.5 Å². The molecule has 0 spiro atoms. The molecule has 1 unspecified atom stereocenters. The van der Waals surface area contributed by atoms with Gasteiger partial charge in [0.1, 0.15) is 5.38 Å². The van der Waals surface area contributed by atoms with Crippen LogP contribution in [0.5, 0.6) is 0 Å².